The summed E-state index contributed by atoms with van der Waals surface area (Å²) in [5, 5.41) is 9.13. The van der Waals surface area contributed by atoms with Crippen molar-refractivity contribution >= 4 is 11.6 Å². The second-order valence-corrected chi connectivity index (χ2v) is 4.86. The quantitative estimate of drug-likeness (QED) is 0.845. The molecule has 3 N–H and O–H groups in total. The second kappa shape index (κ2) is 6.28. The minimum atomic E-state index is -0.121. The Morgan fingerprint density at radius 3 is 2.67 bits per heavy atom. The Balaban J connectivity index is 2.30. The monoisotopic (exact) mass is 286 g/mol. The van der Waals surface area contributed by atoms with Crippen LogP contribution in [0.2, 0.25) is 0 Å². The first kappa shape index (κ1) is 14.9. The summed E-state index contributed by atoms with van der Waals surface area (Å²) in [5.74, 6) is 0.851. The lowest BCUT2D eigenvalue weighted by Crippen LogP contribution is -2.21. The summed E-state index contributed by atoms with van der Waals surface area (Å²) in [6, 6.07) is 12.0. The van der Waals surface area contributed by atoms with Crippen LogP contribution >= 0.6 is 0 Å². The van der Waals surface area contributed by atoms with Crippen molar-refractivity contribution in [3.05, 3.63) is 53.6 Å². The second-order valence-electron chi connectivity index (χ2n) is 4.86. The van der Waals surface area contributed by atoms with Gasteiger partial charge in [0.2, 0.25) is 0 Å². The molecule has 0 aliphatic heterocycles. The zero-order chi connectivity index (χ0) is 15.4. The largest absolute Gasteiger partial charge is 0.455 e. The molecule has 5 nitrogen and oxygen atoms in total. The molecule has 2 aromatic rings. The summed E-state index contributed by atoms with van der Waals surface area (Å²) < 4.78 is 5.72. The number of carbonyl (C=O) groups excluding carboxylic acids is 1. The van der Waals surface area contributed by atoms with Gasteiger partial charge in [0.25, 0.3) is 5.91 Å². The number of hydrogen-bond donors (Lipinski definition) is 2. The molecule has 0 unspecified atom stereocenters. The fraction of sp³-hybridized carbons (Fsp3) is 0.188. The topological polar surface area (TPSA) is 75.8 Å². The predicted molar refractivity (Wildman–Crippen MR) is 81.3 cm³/mol. The summed E-state index contributed by atoms with van der Waals surface area (Å²) in [6.07, 6.45) is 0. The van der Waals surface area contributed by atoms with Crippen molar-refractivity contribution in [2.75, 3.05) is 19.8 Å². The molecule has 0 saturated carbocycles. The Morgan fingerprint density at radius 1 is 1.24 bits per heavy atom. The van der Waals surface area contributed by atoms with Crippen molar-refractivity contribution in [3.8, 4) is 11.5 Å². The van der Waals surface area contributed by atoms with Crippen molar-refractivity contribution in [1.29, 1.82) is 0 Å². The average Bonchev–Trinajstić information content (AvgIpc) is 2.49. The Hall–Kier alpha value is -2.53. The third-order valence-electron chi connectivity index (χ3n) is 2.98. The van der Waals surface area contributed by atoms with Crippen LogP contribution in [0.3, 0.4) is 0 Å². The van der Waals surface area contributed by atoms with Crippen LogP contribution < -0.4 is 10.5 Å². The summed E-state index contributed by atoms with van der Waals surface area (Å²) in [7, 11) is 3.37. The molecular weight excluding hydrogens is 268 g/mol. The summed E-state index contributed by atoms with van der Waals surface area (Å²) in [4.78, 5) is 13.4. The van der Waals surface area contributed by atoms with E-state index < -0.39 is 0 Å². The van der Waals surface area contributed by atoms with Crippen LogP contribution in [0.15, 0.2) is 42.5 Å². The van der Waals surface area contributed by atoms with E-state index in [2.05, 4.69) is 0 Å². The Bertz CT molecular complexity index is 654. The predicted octanol–water partition coefficient (Wildman–Crippen LogP) is 2.26. The minimum absolute atomic E-state index is 0.0637. The van der Waals surface area contributed by atoms with Crippen molar-refractivity contribution in [2.24, 2.45) is 0 Å². The van der Waals surface area contributed by atoms with E-state index in [-0.39, 0.29) is 12.5 Å². The molecule has 0 spiro atoms. The number of nitrogens with zero attached hydrogens (tertiary/aromatic N) is 1. The molecule has 0 atom stereocenters. The lowest BCUT2D eigenvalue weighted by Gasteiger charge is -2.13. The molecule has 0 aromatic heterocycles. The molecule has 0 aliphatic carbocycles. The van der Waals surface area contributed by atoms with Crippen molar-refractivity contribution in [2.45, 2.75) is 6.61 Å². The number of carbonyl (C=O) groups is 1. The number of nitrogen functional groups attached to an aromatic ring is 1. The smallest absolute Gasteiger partial charge is 0.253 e. The number of aliphatic hydroxyl groups is 1. The number of hydrogen-bond acceptors (Lipinski definition) is 4. The molecule has 110 valence electrons. The molecule has 2 rings (SSSR count). The maximum absolute atomic E-state index is 12.0. The van der Waals surface area contributed by atoms with Gasteiger partial charge in [-0.15, -0.1) is 0 Å². The lowest BCUT2D eigenvalue weighted by atomic mass is 10.1. The fourth-order valence-electron chi connectivity index (χ4n) is 1.85. The Kier molecular flexibility index (Phi) is 4.45. The first-order valence-corrected chi connectivity index (χ1v) is 6.50. The van der Waals surface area contributed by atoms with Gasteiger partial charge in [-0.2, -0.15) is 0 Å². The molecule has 5 heteroatoms. The van der Waals surface area contributed by atoms with Crippen LogP contribution in [0, 0.1) is 0 Å². The van der Waals surface area contributed by atoms with E-state index in [9.17, 15) is 4.79 Å². The normalized spacial score (nSPS) is 10.2. The zero-order valence-corrected chi connectivity index (χ0v) is 12.0. The van der Waals surface area contributed by atoms with Crippen molar-refractivity contribution < 1.29 is 14.6 Å². The van der Waals surface area contributed by atoms with E-state index in [1.54, 1.807) is 56.6 Å². The summed E-state index contributed by atoms with van der Waals surface area (Å²) in [6.45, 7) is -0.0637. The maximum atomic E-state index is 12.0. The molecule has 0 heterocycles. The van der Waals surface area contributed by atoms with Crippen LogP contribution in [0.25, 0.3) is 0 Å². The molecule has 0 radical (unpaired) electrons. The zero-order valence-electron chi connectivity index (χ0n) is 12.0. The first-order chi connectivity index (χ1) is 10.0. The molecule has 0 aliphatic rings. The van der Waals surface area contributed by atoms with Gasteiger partial charge in [-0.05, 0) is 35.9 Å². The van der Waals surface area contributed by atoms with Gasteiger partial charge in [0, 0.05) is 19.7 Å². The van der Waals surface area contributed by atoms with Gasteiger partial charge in [-0.3, -0.25) is 4.79 Å². The van der Waals surface area contributed by atoms with Gasteiger partial charge in [-0.25, -0.2) is 0 Å². The highest BCUT2D eigenvalue weighted by atomic mass is 16.5. The third-order valence-corrected chi connectivity index (χ3v) is 2.98. The van der Waals surface area contributed by atoms with E-state index in [4.69, 9.17) is 15.6 Å². The molecule has 0 saturated heterocycles. The molecule has 0 bridgehead atoms. The molecule has 2 aromatic carbocycles. The third kappa shape index (κ3) is 3.52. The molecule has 0 fully saturated rings. The number of ether oxygens (including phenoxy) is 1. The van der Waals surface area contributed by atoms with Crippen molar-refractivity contribution in [3.63, 3.8) is 0 Å². The highest BCUT2D eigenvalue weighted by molar-refractivity contribution is 5.94. The first-order valence-electron chi connectivity index (χ1n) is 6.50. The summed E-state index contributed by atoms with van der Waals surface area (Å²) >= 11 is 0. The van der Waals surface area contributed by atoms with Crippen LogP contribution in [0.5, 0.6) is 11.5 Å². The van der Waals surface area contributed by atoms with Crippen molar-refractivity contribution in [1.82, 2.24) is 4.90 Å². The molecular formula is C16H18N2O3. The van der Waals surface area contributed by atoms with Gasteiger partial charge < -0.3 is 20.5 Å². The molecule has 1 amide bonds. The number of aliphatic hydroxyl groups excluding tert-OH is 1. The highest BCUT2D eigenvalue weighted by Crippen LogP contribution is 2.29. The number of anilines is 1. The van der Waals surface area contributed by atoms with Gasteiger partial charge in [0.1, 0.15) is 5.75 Å². The standard InChI is InChI=1S/C16H18N2O3/c1-18(2)16(20)12-6-7-14(17)15(9-12)21-13-5-3-4-11(8-13)10-19/h3-9,19H,10,17H2,1-2H3. The Morgan fingerprint density at radius 2 is 2.00 bits per heavy atom. The van der Waals surface area contributed by atoms with Crippen LogP contribution in [0.1, 0.15) is 15.9 Å². The maximum Gasteiger partial charge on any atom is 0.253 e. The number of amides is 1. The van der Waals surface area contributed by atoms with Crippen LogP contribution in [-0.2, 0) is 6.61 Å². The average molecular weight is 286 g/mol. The number of benzene rings is 2. The van der Waals surface area contributed by atoms with E-state index in [1.165, 1.54) is 4.90 Å². The van der Waals surface area contributed by atoms with E-state index in [0.29, 0.717) is 22.7 Å². The highest BCUT2D eigenvalue weighted by Gasteiger charge is 2.11. The SMILES string of the molecule is CN(C)C(=O)c1ccc(N)c(Oc2cccc(CO)c2)c1. The van der Waals surface area contributed by atoms with Gasteiger partial charge in [0.05, 0.1) is 12.3 Å². The van der Waals surface area contributed by atoms with E-state index >= 15 is 0 Å². The number of nitrogens with two attached hydrogens (primary N) is 1. The van der Waals surface area contributed by atoms with Gasteiger partial charge >= 0.3 is 0 Å². The summed E-state index contributed by atoms with van der Waals surface area (Å²) in [5.41, 5.74) is 7.57. The van der Waals surface area contributed by atoms with E-state index in [1.807, 2.05) is 0 Å². The van der Waals surface area contributed by atoms with E-state index in [0.717, 1.165) is 5.56 Å². The minimum Gasteiger partial charge on any atom is -0.455 e. The number of rotatable bonds is 4. The fourth-order valence-corrected chi connectivity index (χ4v) is 1.85. The lowest BCUT2D eigenvalue weighted by molar-refractivity contribution is 0.0827. The van der Waals surface area contributed by atoms with Crippen LogP contribution in [0.4, 0.5) is 5.69 Å². The van der Waals surface area contributed by atoms with Gasteiger partial charge in [0.15, 0.2) is 5.75 Å². The van der Waals surface area contributed by atoms with Gasteiger partial charge in [-0.1, -0.05) is 12.1 Å². The van der Waals surface area contributed by atoms with Crippen LogP contribution in [-0.4, -0.2) is 30.0 Å². The molecule has 21 heavy (non-hydrogen) atoms. The Labute approximate surface area is 123 Å².